The number of carbonyl (C=O) groups is 3. The van der Waals surface area contributed by atoms with E-state index in [2.05, 4.69) is 34.6 Å². The molecule has 0 aliphatic rings. The van der Waals surface area contributed by atoms with Crippen LogP contribution in [-0.4, -0.2) is 37.2 Å². The van der Waals surface area contributed by atoms with E-state index in [1.165, 1.54) is 205 Å². The van der Waals surface area contributed by atoms with E-state index in [1.807, 2.05) is 0 Å². The second-order valence-electron chi connectivity index (χ2n) is 20.5. The summed E-state index contributed by atoms with van der Waals surface area (Å²) in [7, 11) is 0. The molecule has 0 rings (SSSR count). The van der Waals surface area contributed by atoms with E-state index in [9.17, 15) is 14.4 Å². The van der Waals surface area contributed by atoms with Crippen molar-refractivity contribution in [1.82, 2.24) is 0 Å². The summed E-state index contributed by atoms with van der Waals surface area (Å²) in [6.07, 6.45) is 52.4. The fourth-order valence-electron chi connectivity index (χ4n) is 8.70. The van der Waals surface area contributed by atoms with Crippen LogP contribution in [0.5, 0.6) is 0 Å². The van der Waals surface area contributed by atoms with Crippen LogP contribution in [0.3, 0.4) is 0 Å². The van der Waals surface area contributed by atoms with E-state index in [0.717, 1.165) is 69.6 Å². The topological polar surface area (TPSA) is 78.9 Å². The molecule has 0 aliphatic heterocycles. The minimum Gasteiger partial charge on any atom is -0.462 e. The molecular weight excluding hydrogens is 781 g/mol. The van der Waals surface area contributed by atoms with E-state index in [1.54, 1.807) is 0 Å². The third-order valence-electron chi connectivity index (χ3n) is 13.0. The van der Waals surface area contributed by atoms with E-state index in [0.29, 0.717) is 19.3 Å². The average molecular weight is 892 g/mol. The first-order valence-electron chi connectivity index (χ1n) is 28.2. The zero-order chi connectivity index (χ0) is 46.1. The Kier molecular flexibility index (Phi) is 48.6. The lowest BCUT2D eigenvalue weighted by atomic mass is 10.0. The number of unbranched alkanes of at least 4 members (excludes halogenated alkanes) is 36. The zero-order valence-electron chi connectivity index (χ0n) is 43.2. The summed E-state index contributed by atoms with van der Waals surface area (Å²) in [4.78, 5) is 38.1. The van der Waals surface area contributed by atoms with Crippen LogP contribution in [0.1, 0.15) is 317 Å². The van der Waals surface area contributed by atoms with E-state index < -0.39 is 6.10 Å². The van der Waals surface area contributed by atoms with Crippen molar-refractivity contribution >= 4 is 17.9 Å². The molecule has 0 saturated carbocycles. The van der Waals surface area contributed by atoms with Crippen molar-refractivity contribution < 1.29 is 28.6 Å². The summed E-state index contributed by atoms with van der Waals surface area (Å²) in [6.45, 7) is 11.4. The van der Waals surface area contributed by atoms with Gasteiger partial charge in [0.05, 0.1) is 0 Å². The van der Waals surface area contributed by atoms with Gasteiger partial charge in [-0.15, -0.1) is 0 Å². The molecule has 0 saturated heterocycles. The Hall–Kier alpha value is -1.59. The number of hydrogen-bond donors (Lipinski definition) is 0. The van der Waals surface area contributed by atoms with Crippen LogP contribution in [0.25, 0.3) is 0 Å². The number of ether oxygens (including phenoxy) is 3. The molecule has 0 heterocycles. The van der Waals surface area contributed by atoms with Gasteiger partial charge < -0.3 is 14.2 Å². The highest BCUT2D eigenvalue weighted by Crippen LogP contribution is 2.18. The molecule has 0 spiro atoms. The predicted octanol–water partition coefficient (Wildman–Crippen LogP) is 18.5. The lowest BCUT2D eigenvalue weighted by molar-refractivity contribution is -0.167. The maximum atomic E-state index is 12.8. The third-order valence-corrected chi connectivity index (χ3v) is 13.0. The molecule has 1 atom stereocenters. The molecule has 6 heteroatoms. The molecule has 0 radical (unpaired) electrons. The molecular formula is C57H110O6. The summed E-state index contributed by atoms with van der Waals surface area (Å²) < 4.78 is 16.9. The standard InChI is InChI=1S/C57H110O6/c1-6-7-8-9-10-11-12-13-14-15-16-17-18-19-22-27-32-37-42-47-55(58)61-50-54(63-57(60)49-44-39-34-29-24-26-31-36-41-46-53(4)5)51-62-56(59)48-43-38-33-28-23-20-21-25-30-35-40-45-52(2)3/h52-54H,6-51H2,1-5H3/t54-/m1/s1. The minimum absolute atomic E-state index is 0.0634. The second-order valence-corrected chi connectivity index (χ2v) is 20.5. The molecule has 374 valence electrons. The van der Waals surface area contributed by atoms with Crippen molar-refractivity contribution in [3.63, 3.8) is 0 Å². The molecule has 0 aromatic carbocycles. The van der Waals surface area contributed by atoms with Crippen LogP contribution >= 0.6 is 0 Å². The Morgan fingerprint density at radius 2 is 0.524 bits per heavy atom. The van der Waals surface area contributed by atoms with Gasteiger partial charge in [-0.1, -0.05) is 279 Å². The highest BCUT2D eigenvalue weighted by atomic mass is 16.6. The average Bonchev–Trinajstić information content (AvgIpc) is 3.25. The van der Waals surface area contributed by atoms with Crippen molar-refractivity contribution in [2.75, 3.05) is 13.2 Å². The van der Waals surface area contributed by atoms with Crippen LogP contribution in [-0.2, 0) is 28.6 Å². The van der Waals surface area contributed by atoms with E-state index in [4.69, 9.17) is 14.2 Å². The lowest BCUT2D eigenvalue weighted by Crippen LogP contribution is -2.30. The fourth-order valence-corrected chi connectivity index (χ4v) is 8.70. The zero-order valence-corrected chi connectivity index (χ0v) is 43.2. The molecule has 0 unspecified atom stereocenters. The predicted molar refractivity (Wildman–Crippen MR) is 270 cm³/mol. The first-order chi connectivity index (χ1) is 30.7. The fraction of sp³-hybridized carbons (Fsp3) is 0.947. The third kappa shape index (κ3) is 51.3. The minimum atomic E-state index is -0.763. The first-order valence-corrected chi connectivity index (χ1v) is 28.2. The van der Waals surface area contributed by atoms with E-state index in [-0.39, 0.29) is 31.1 Å². The van der Waals surface area contributed by atoms with Crippen molar-refractivity contribution in [3.8, 4) is 0 Å². The molecule has 6 nitrogen and oxygen atoms in total. The van der Waals surface area contributed by atoms with Crippen LogP contribution in [0.2, 0.25) is 0 Å². The van der Waals surface area contributed by atoms with Gasteiger partial charge in [0.2, 0.25) is 0 Å². The summed E-state index contributed by atoms with van der Waals surface area (Å²) in [5.74, 6) is 0.788. The van der Waals surface area contributed by atoms with Gasteiger partial charge in [0.1, 0.15) is 13.2 Å². The van der Waals surface area contributed by atoms with Crippen molar-refractivity contribution in [2.45, 2.75) is 323 Å². The van der Waals surface area contributed by atoms with Crippen molar-refractivity contribution in [3.05, 3.63) is 0 Å². The molecule has 0 aliphatic carbocycles. The molecule has 0 aromatic rings. The van der Waals surface area contributed by atoms with Gasteiger partial charge in [-0.3, -0.25) is 14.4 Å². The molecule has 0 amide bonds. The van der Waals surface area contributed by atoms with Gasteiger partial charge in [-0.2, -0.15) is 0 Å². The lowest BCUT2D eigenvalue weighted by Gasteiger charge is -2.18. The van der Waals surface area contributed by atoms with Gasteiger partial charge in [-0.25, -0.2) is 0 Å². The first kappa shape index (κ1) is 61.4. The van der Waals surface area contributed by atoms with Crippen molar-refractivity contribution in [2.24, 2.45) is 11.8 Å². The summed E-state index contributed by atoms with van der Waals surface area (Å²) in [5.41, 5.74) is 0. The smallest absolute Gasteiger partial charge is 0.306 e. The molecule has 0 fully saturated rings. The SMILES string of the molecule is CCCCCCCCCCCCCCCCCCCCCC(=O)OC[C@H](COC(=O)CCCCCCCCCCCCCC(C)C)OC(=O)CCCCCCCCCCCC(C)C. The van der Waals surface area contributed by atoms with Gasteiger partial charge >= 0.3 is 17.9 Å². The Morgan fingerprint density at radius 3 is 0.778 bits per heavy atom. The second kappa shape index (κ2) is 49.8. The van der Waals surface area contributed by atoms with Crippen LogP contribution in [0.4, 0.5) is 0 Å². The normalized spacial score (nSPS) is 12.0. The Balaban J connectivity index is 4.25. The number of carbonyl (C=O) groups excluding carboxylic acids is 3. The van der Waals surface area contributed by atoms with Gasteiger partial charge in [-0.05, 0) is 31.1 Å². The Labute approximate surface area is 393 Å². The maximum absolute atomic E-state index is 12.8. The molecule has 0 bridgehead atoms. The Bertz CT molecular complexity index is 962. The Morgan fingerprint density at radius 1 is 0.302 bits per heavy atom. The van der Waals surface area contributed by atoms with Gasteiger partial charge in [0.15, 0.2) is 6.10 Å². The van der Waals surface area contributed by atoms with Crippen LogP contribution in [0, 0.1) is 11.8 Å². The molecule has 63 heavy (non-hydrogen) atoms. The maximum Gasteiger partial charge on any atom is 0.306 e. The highest BCUT2D eigenvalue weighted by Gasteiger charge is 2.19. The highest BCUT2D eigenvalue weighted by molar-refractivity contribution is 5.71. The van der Waals surface area contributed by atoms with Crippen molar-refractivity contribution in [1.29, 1.82) is 0 Å². The summed E-state index contributed by atoms with van der Waals surface area (Å²) >= 11 is 0. The largest absolute Gasteiger partial charge is 0.462 e. The monoisotopic (exact) mass is 891 g/mol. The summed E-state index contributed by atoms with van der Waals surface area (Å²) in [6, 6.07) is 0. The number of esters is 3. The van der Waals surface area contributed by atoms with Gasteiger partial charge in [0.25, 0.3) is 0 Å². The number of hydrogen-bond acceptors (Lipinski definition) is 6. The van der Waals surface area contributed by atoms with Crippen LogP contribution < -0.4 is 0 Å². The molecule has 0 N–H and O–H groups in total. The van der Waals surface area contributed by atoms with Crippen LogP contribution in [0.15, 0.2) is 0 Å². The number of rotatable bonds is 51. The summed E-state index contributed by atoms with van der Waals surface area (Å²) in [5, 5.41) is 0. The quantitative estimate of drug-likeness (QED) is 0.0344. The van der Waals surface area contributed by atoms with Gasteiger partial charge in [0, 0.05) is 19.3 Å². The van der Waals surface area contributed by atoms with E-state index >= 15 is 0 Å². The molecule has 0 aromatic heterocycles.